The molecule has 3 fully saturated rings. The lowest BCUT2D eigenvalue weighted by Gasteiger charge is -2.55. The van der Waals surface area contributed by atoms with Gasteiger partial charge in [0.05, 0.1) is 11.1 Å². The third kappa shape index (κ3) is 2.65. The third-order valence-electron chi connectivity index (χ3n) is 6.10. The van der Waals surface area contributed by atoms with E-state index in [9.17, 15) is 9.59 Å². The van der Waals surface area contributed by atoms with Crippen molar-refractivity contribution in [3.63, 3.8) is 0 Å². The van der Waals surface area contributed by atoms with E-state index in [2.05, 4.69) is 16.6 Å². The average Bonchev–Trinajstić information content (AvgIpc) is 2.61. The standard InChI is InChI=1S/C21H24N2O3/c1-4-20(2,3)22-19(25)16-11-14-10-9-13(16)12-21(14)23-18(24)15-7-5-6-8-17(15)26-21/h1,5-8,13-14,16H,9-12H2,2-3H3,(H,22,25)(H,23,24)/t13-,14+,16-,21-/m0/s1. The summed E-state index contributed by atoms with van der Waals surface area (Å²) in [5.74, 6) is 3.40. The SMILES string of the molecule is C#CC(C)(C)NC(=O)[C@H]1C[C@H]2CC[C@H]1C[C@@]21NC(=O)c2ccccc2O1. The first-order valence-electron chi connectivity index (χ1n) is 9.24. The fourth-order valence-electron chi connectivity index (χ4n) is 4.72. The summed E-state index contributed by atoms with van der Waals surface area (Å²) in [4.78, 5) is 25.3. The Labute approximate surface area is 153 Å². The Balaban J connectivity index is 1.56. The van der Waals surface area contributed by atoms with Crippen LogP contribution >= 0.6 is 0 Å². The van der Waals surface area contributed by atoms with Gasteiger partial charge in [0.2, 0.25) is 5.91 Å². The van der Waals surface area contributed by atoms with E-state index in [0.29, 0.717) is 24.2 Å². The summed E-state index contributed by atoms with van der Waals surface area (Å²) in [6.45, 7) is 3.66. The van der Waals surface area contributed by atoms with Gasteiger partial charge in [-0.2, -0.15) is 0 Å². The van der Waals surface area contributed by atoms with Gasteiger partial charge in [-0.15, -0.1) is 6.42 Å². The molecular weight excluding hydrogens is 328 g/mol. The van der Waals surface area contributed by atoms with Gasteiger partial charge in [0.1, 0.15) is 5.75 Å². The number of ether oxygens (including phenoxy) is 1. The normalized spacial score (nSPS) is 32.2. The third-order valence-corrected chi connectivity index (χ3v) is 6.10. The Morgan fingerprint density at radius 1 is 1.38 bits per heavy atom. The summed E-state index contributed by atoms with van der Waals surface area (Å²) in [7, 11) is 0. The van der Waals surface area contributed by atoms with Gasteiger partial charge >= 0.3 is 0 Å². The van der Waals surface area contributed by atoms with E-state index >= 15 is 0 Å². The summed E-state index contributed by atoms with van der Waals surface area (Å²) in [6.07, 6.45) is 8.79. The maximum Gasteiger partial charge on any atom is 0.258 e. The fourth-order valence-corrected chi connectivity index (χ4v) is 4.72. The summed E-state index contributed by atoms with van der Waals surface area (Å²) >= 11 is 0. The van der Waals surface area contributed by atoms with E-state index in [1.165, 1.54) is 0 Å². The van der Waals surface area contributed by atoms with Crippen LogP contribution in [0.5, 0.6) is 5.75 Å². The first kappa shape index (κ1) is 17.0. The molecule has 5 nitrogen and oxygen atoms in total. The Kier molecular flexibility index (Phi) is 3.76. The smallest absolute Gasteiger partial charge is 0.258 e. The van der Waals surface area contributed by atoms with Crippen LogP contribution in [-0.4, -0.2) is 23.1 Å². The molecule has 26 heavy (non-hydrogen) atoms. The maximum atomic E-state index is 12.8. The molecule has 0 unspecified atom stereocenters. The van der Waals surface area contributed by atoms with Gasteiger partial charge < -0.3 is 15.4 Å². The van der Waals surface area contributed by atoms with Crippen LogP contribution in [0.1, 0.15) is 49.9 Å². The molecule has 1 aromatic rings. The second-order valence-corrected chi connectivity index (χ2v) is 8.28. The molecule has 1 aromatic carbocycles. The first-order chi connectivity index (χ1) is 12.3. The maximum absolute atomic E-state index is 12.8. The van der Waals surface area contributed by atoms with Crippen LogP contribution in [0.2, 0.25) is 0 Å². The van der Waals surface area contributed by atoms with E-state index in [-0.39, 0.29) is 29.6 Å². The second kappa shape index (κ2) is 5.77. The number of benzene rings is 1. The van der Waals surface area contributed by atoms with Crippen molar-refractivity contribution in [2.75, 3.05) is 0 Å². The van der Waals surface area contributed by atoms with Crippen molar-refractivity contribution in [3.8, 4) is 18.1 Å². The molecule has 5 rings (SSSR count). The van der Waals surface area contributed by atoms with Crippen molar-refractivity contribution < 1.29 is 14.3 Å². The molecule has 3 saturated carbocycles. The number of fused-ring (bicyclic) bond motifs is 3. The van der Waals surface area contributed by atoms with Crippen LogP contribution in [0, 0.1) is 30.1 Å². The zero-order chi connectivity index (χ0) is 18.5. The van der Waals surface area contributed by atoms with Crippen molar-refractivity contribution in [1.82, 2.24) is 10.6 Å². The number of carbonyl (C=O) groups excluding carboxylic acids is 2. The highest BCUT2D eigenvalue weighted by Crippen LogP contribution is 2.52. The van der Waals surface area contributed by atoms with E-state index in [1.54, 1.807) is 6.07 Å². The van der Waals surface area contributed by atoms with Crippen molar-refractivity contribution in [2.24, 2.45) is 17.8 Å². The number of amides is 2. The van der Waals surface area contributed by atoms with Crippen LogP contribution in [0.3, 0.4) is 0 Å². The van der Waals surface area contributed by atoms with Gasteiger partial charge in [0.15, 0.2) is 5.72 Å². The molecule has 1 aliphatic heterocycles. The molecule has 5 heteroatoms. The summed E-state index contributed by atoms with van der Waals surface area (Å²) < 4.78 is 6.32. The molecule has 0 saturated heterocycles. The Morgan fingerprint density at radius 3 is 2.85 bits per heavy atom. The topological polar surface area (TPSA) is 67.4 Å². The lowest BCUT2D eigenvalue weighted by Crippen LogP contribution is -2.67. The highest BCUT2D eigenvalue weighted by atomic mass is 16.5. The monoisotopic (exact) mass is 352 g/mol. The molecule has 2 amide bonds. The van der Waals surface area contributed by atoms with Crippen LogP contribution in [-0.2, 0) is 4.79 Å². The van der Waals surface area contributed by atoms with Crippen molar-refractivity contribution >= 4 is 11.8 Å². The van der Waals surface area contributed by atoms with E-state index < -0.39 is 11.3 Å². The molecule has 0 aromatic heterocycles. The highest BCUT2D eigenvalue weighted by molar-refractivity contribution is 5.98. The lowest BCUT2D eigenvalue weighted by molar-refractivity contribution is -0.147. The number of carbonyl (C=O) groups is 2. The number of terminal acetylenes is 1. The minimum Gasteiger partial charge on any atom is -0.467 e. The molecular formula is C21H24N2O3. The van der Waals surface area contributed by atoms with Gasteiger partial charge in [-0.1, -0.05) is 18.1 Å². The van der Waals surface area contributed by atoms with Gasteiger partial charge in [-0.3, -0.25) is 9.59 Å². The van der Waals surface area contributed by atoms with E-state index in [0.717, 1.165) is 12.8 Å². The molecule has 4 atom stereocenters. The molecule has 136 valence electrons. The average molecular weight is 352 g/mol. The summed E-state index contributed by atoms with van der Waals surface area (Å²) in [6, 6.07) is 7.33. The van der Waals surface area contributed by atoms with Crippen LogP contribution in [0.4, 0.5) is 0 Å². The molecule has 2 bridgehead atoms. The largest absolute Gasteiger partial charge is 0.467 e. The number of nitrogens with one attached hydrogen (secondary N) is 2. The number of para-hydroxylation sites is 1. The zero-order valence-electron chi connectivity index (χ0n) is 15.2. The molecule has 4 aliphatic rings. The zero-order valence-corrected chi connectivity index (χ0v) is 15.2. The van der Waals surface area contributed by atoms with Crippen LogP contribution < -0.4 is 15.4 Å². The Bertz CT molecular complexity index is 810. The van der Waals surface area contributed by atoms with Crippen molar-refractivity contribution in [3.05, 3.63) is 29.8 Å². The van der Waals surface area contributed by atoms with Gasteiger partial charge in [0, 0.05) is 18.3 Å². The molecule has 2 N–H and O–H groups in total. The molecule has 1 heterocycles. The minimum atomic E-state index is -0.688. The van der Waals surface area contributed by atoms with Crippen LogP contribution in [0.15, 0.2) is 24.3 Å². The fraction of sp³-hybridized carbons (Fsp3) is 0.524. The number of hydrogen-bond acceptors (Lipinski definition) is 3. The van der Waals surface area contributed by atoms with Gasteiger partial charge in [0.25, 0.3) is 5.91 Å². The summed E-state index contributed by atoms with van der Waals surface area (Å²) in [5.41, 5.74) is -0.767. The lowest BCUT2D eigenvalue weighted by atomic mass is 9.59. The molecule has 0 radical (unpaired) electrons. The van der Waals surface area contributed by atoms with Gasteiger partial charge in [-0.05, 0) is 51.2 Å². The molecule has 1 spiro atoms. The second-order valence-electron chi connectivity index (χ2n) is 8.28. The van der Waals surface area contributed by atoms with E-state index in [4.69, 9.17) is 11.2 Å². The summed E-state index contributed by atoms with van der Waals surface area (Å²) in [5, 5.41) is 6.09. The van der Waals surface area contributed by atoms with Crippen molar-refractivity contribution in [2.45, 2.75) is 50.8 Å². The first-order valence-corrected chi connectivity index (χ1v) is 9.24. The Hall–Kier alpha value is -2.48. The Morgan fingerprint density at radius 2 is 2.15 bits per heavy atom. The van der Waals surface area contributed by atoms with Crippen molar-refractivity contribution in [1.29, 1.82) is 0 Å². The predicted octanol–water partition coefficient (Wildman–Crippen LogP) is 2.47. The molecule has 3 aliphatic carbocycles. The predicted molar refractivity (Wildman–Crippen MR) is 97.3 cm³/mol. The minimum absolute atomic E-state index is 0.0139. The van der Waals surface area contributed by atoms with Gasteiger partial charge in [-0.25, -0.2) is 0 Å². The van der Waals surface area contributed by atoms with E-state index in [1.807, 2.05) is 32.0 Å². The number of rotatable bonds is 2. The quantitative estimate of drug-likeness (QED) is 0.804. The van der Waals surface area contributed by atoms with Crippen LogP contribution in [0.25, 0.3) is 0 Å². The number of hydrogen-bond donors (Lipinski definition) is 2. The highest BCUT2D eigenvalue weighted by Gasteiger charge is 2.57.